The van der Waals surface area contributed by atoms with E-state index >= 15 is 0 Å². The average Bonchev–Trinajstić information content (AvgIpc) is 2.63. The monoisotopic (exact) mass is 412 g/mol. The quantitative estimate of drug-likeness (QED) is 0.273. The van der Waals surface area contributed by atoms with E-state index in [9.17, 15) is 9.18 Å². The molecule has 1 aliphatic rings. The van der Waals surface area contributed by atoms with E-state index in [2.05, 4.69) is 10.0 Å². The normalized spacial score (nSPS) is 17.0. The molecule has 1 heterocycles. The van der Waals surface area contributed by atoms with E-state index in [1.807, 2.05) is 20.8 Å². The van der Waals surface area contributed by atoms with Gasteiger partial charge in [0.15, 0.2) is 0 Å². The van der Waals surface area contributed by atoms with E-state index in [-0.39, 0.29) is 35.9 Å². The fourth-order valence-corrected chi connectivity index (χ4v) is 3.36. The molecule has 1 atom stereocenters. The van der Waals surface area contributed by atoms with Crippen molar-refractivity contribution in [3.63, 3.8) is 0 Å². The molecule has 7 nitrogen and oxygen atoms in total. The molecule has 1 aliphatic heterocycles. The summed E-state index contributed by atoms with van der Waals surface area (Å²) in [6, 6.07) is 3.27. The predicted molar refractivity (Wildman–Crippen MR) is 105 cm³/mol. The lowest BCUT2D eigenvalue weighted by molar-refractivity contribution is 0.0166. The molecule has 0 radical (unpaired) electrons. The Bertz CT molecular complexity index is 747. The zero-order valence-electron chi connectivity index (χ0n) is 16.5. The largest absolute Gasteiger partial charge is 0.492 e. The second-order valence-electron chi connectivity index (χ2n) is 7.79. The van der Waals surface area contributed by atoms with Crippen LogP contribution < -0.4 is 4.74 Å². The zero-order chi connectivity index (χ0) is 20.7. The van der Waals surface area contributed by atoms with Gasteiger partial charge in [-0.2, -0.15) is 0 Å². The van der Waals surface area contributed by atoms with Crippen LogP contribution in [0.15, 0.2) is 17.2 Å². The maximum absolute atomic E-state index is 14.7. The molecule has 0 aliphatic carbocycles. The second-order valence-corrected chi connectivity index (χ2v) is 8.17. The molecular weight excluding hydrogens is 387 g/mol. The number of nitrogens with zero attached hydrogens (tertiary/aromatic N) is 4. The van der Waals surface area contributed by atoms with Crippen molar-refractivity contribution < 1.29 is 18.7 Å². The summed E-state index contributed by atoms with van der Waals surface area (Å²) in [5, 5.41) is 3.27. The molecule has 1 aromatic rings. The first-order valence-corrected chi connectivity index (χ1v) is 9.67. The van der Waals surface area contributed by atoms with Crippen LogP contribution in [0.2, 0.25) is 5.02 Å². The fraction of sp³-hybridized carbons (Fsp3) is 0.632. The molecule has 1 aromatic carbocycles. The Kier molecular flexibility index (Phi) is 7.78. The Morgan fingerprint density at radius 1 is 1.46 bits per heavy atom. The molecule has 0 unspecified atom stereocenters. The van der Waals surface area contributed by atoms with Crippen molar-refractivity contribution in [3.8, 4) is 5.75 Å². The topological polar surface area (TPSA) is 87.5 Å². The Labute approximate surface area is 169 Å². The Morgan fingerprint density at radius 3 is 2.89 bits per heavy atom. The molecule has 1 saturated heterocycles. The highest BCUT2D eigenvalue weighted by Gasteiger charge is 2.28. The lowest BCUT2D eigenvalue weighted by Crippen LogP contribution is -2.43. The lowest BCUT2D eigenvalue weighted by atomic mass is 9.91. The number of benzene rings is 1. The van der Waals surface area contributed by atoms with Crippen molar-refractivity contribution in [1.29, 1.82) is 0 Å². The number of piperidine rings is 1. The van der Waals surface area contributed by atoms with Gasteiger partial charge in [-0.05, 0) is 63.1 Å². The Balaban J connectivity index is 1.99. The molecule has 28 heavy (non-hydrogen) atoms. The number of carbonyl (C=O) groups excluding carboxylic acids is 1. The lowest BCUT2D eigenvalue weighted by Gasteiger charge is -2.34. The molecule has 9 heteroatoms. The molecule has 1 fully saturated rings. The minimum Gasteiger partial charge on any atom is -0.492 e. The summed E-state index contributed by atoms with van der Waals surface area (Å²) in [6.45, 7) is 6.93. The minimum atomic E-state index is -0.544. The number of ether oxygens (including phenoxy) is 2. The van der Waals surface area contributed by atoms with Crippen LogP contribution in [0.5, 0.6) is 5.75 Å². The molecule has 0 saturated carbocycles. The minimum absolute atomic E-state index is 0.0850. The number of azide groups is 1. The summed E-state index contributed by atoms with van der Waals surface area (Å²) in [4.78, 5) is 16.6. The van der Waals surface area contributed by atoms with E-state index in [1.54, 1.807) is 17.0 Å². The van der Waals surface area contributed by atoms with Gasteiger partial charge >= 0.3 is 6.09 Å². The smallest absolute Gasteiger partial charge is 0.410 e. The maximum atomic E-state index is 14.7. The molecule has 0 bridgehead atoms. The van der Waals surface area contributed by atoms with Crippen LogP contribution in [-0.4, -0.2) is 42.8 Å². The van der Waals surface area contributed by atoms with Crippen molar-refractivity contribution >= 4 is 17.7 Å². The molecule has 2 rings (SSSR count). The van der Waals surface area contributed by atoms with Crippen LogP contribution >= 0.6 is 11.6 Å². The standard InChI is InChI=1S/C19H26ClFN4O3/c1-19(2,3)28-18(26)25-9-4-5-13(12-25)11-14-6-7-15(16(20)17(14)21)27-10-8-23-24-22/h6-7,13H,4-5,8-12H2,1-3H3/t13-/m1/s1. The summed E-state index contributed by atoms with van der Waals surface area (Å²) in [7, 11) is 0. The number of halogens is 2. The molecule has 0 aromatic heterocycles. The SMILES string of the molecule is CC(C)(C)OC(=O)N1CCC[C@H](Cc2ccc(OCCN=[N+]=[N-])c(Cl)c2F)C1. The number of likely N-dealkylation sites (tertiary alicyclic amines) is 1. The predicted octanol–water partition coefficient (Wildman–Crippen LogP) is 5.36. The molecule has 0 spiro atoms. The second kappa shape index (κ2) is 9.85. The fourth-order valence-electron chi connectivity index (χ4n) is 3.12. The van der Waals surface area contributed by atoms with Gasteiger partial charge in [-0.1, -0.05) is 22.8 Å². The highest BCUT2D eigenvalue weighted by Crippen LogP contribution is 2.32. The van der Waals surface area contributed by atoms with Gasteiger partial charge in [0, 0.05) is 18.0 Å². The highest BCUT2D eigenvalue weighted by molar-refractivity contribution is 6.32. The van der Waals surface area contributed by atoms with E-state index < -0.39 is 11.4 Å². The third-order valence-corrected chi connectivity index (χ3v) is 4.67. The van der Waals surface area contributed by atoms with Crippen molar-refractivity contribution in [2.45, 2.75) is 45.6 Å². The summed E-state index contributed by atoms with van der Waals surface area (Å²) in [5.41, 5.74) is 8.19. The third kappa shape index (κ3) is 6.46. The zero-order valence-corrected chi connectivity index (χ0v) is 17.2. The van der Waals surface area contributed by atoms with Gasteiger partial charge < -0.3 is 14.4 Å². The van der Waals surface area contributed by atoms with Crippen LogP contribution in [-0.2, 0) is 11.2 Å². The van der Waals surface area contributed by atoms with Crippen LogP contribution in [0.4, 0.5) is 9.18 Å². The van der Waals surface area contributed by atoms with Gasteiger partial charge in [-0.25, -0.2) is 9.18 Å². The van der Waals surface area contributed by atoms with E-state index in [0.29, 0.717) is 25.1 Å². The first kappa shape index (κ1) is 22.1. The summed E-state index contributed by atoms with van der Waals surface area (Å²) >= 11 is 6.09. The molecule has 1 amide bonds. The van der Waals surface area contributed by atoms with Crippen molar-refractivity contribution in [2.75, 3.05) is 26.2 Å². The number of hydrogen-bond acceptors (Lipinski definition) is 4. The number of amides is 1. The van der Waals surface area contributed by atoms with Crippen LogP contribution in [0.1, 0.15) is 39.2 Å². The van der Waals surface area contributed by atoms with Gasteiger partial charge in [-0.15, -0.1) is 0 Å². The van der Waals surface area contributed by atoms with Crippen molar-refractivity contribution in [3.05, 3.63) is 39.0 Å². The van der Waals surface area contributed by atoms with Gasteiger partial charge in [0.1, 0.15) is 22.2 Å². The third-order valence-electron chi connectivity index (χ3n) is 4.32. The van der Waals surface area contributed by atoms with E-state index in [1.165, 1.54) is 0 Å². The first-order chi connectivity index (χ1) is 13.2. The maximum Gasteiger partial charge on any atom is 0.410 e. The Hall–Kier alpha value is -2.18. The molecule has 0 N–H and O–H groups in total. The van der Waals surface area contributed by atoms with Crippen LogP contribution in [0.25, 0.3) is 10.4 Å². The van der Waals surface area contributed by atoms with Gasteiger partial charge in [-0.3, -0.25) is 0 Å². The molecular formula is C19H26ClFN4O3. The average molecular weight is 413 g/mol. The van der Waals surface area contributed by atoms with Crippen LogP contribution in [0.3, 0.4) is 0 Å². The van der Waals surface area contributed by atoms with Crippen molar-refractivity contribution in [1.82, 2.24) is 4.90 Å². The molecule has 154 valence electrons. The number of hydrogen-bond donors (Lipinski definition) is 0. The summed E-state index contributed by atoms with van der Waals surface area (Å²) < 4.78 is 25.5. The van der Waals surface area contributed by atoms with Gasteiger partial charge in [0.2, 0.25) is 0 Å². The van der Waals surface area contributed by atoms with Crippen LogP contribution in [0, 0.1) is 11.7 Å². The van der Waals surface area contributed by atoms with Gasteiger partial charge in [0.05, 0.1) is 13.2 Å². The van der Waals surface area contributed by atoms with E-state index in [4.69, 9.17) is 26.6 Å². The number of carbonyl (C=O) groups is 1. The summed E-state index contributed by atoms with van der Waals surface area (Å²) in [6.07, 6.45) is 1.89. The summed E-state index contributed by atoms with van der Waals surface area (Å²) in [5.74, 6) is -0.170. The Morgan fingerprint density at radius 2 is 2.21 bits per heavy atom. The number of rotatable bonds is 6. The first-order valence-electron chi connectivity index (χ1n) is 9.29. The van der Waals surface area contributed by atoms with E-state index in [0.717, 1.165) is 12.8 Å². The van der Waals surface area contributed by atoms with Crippen molar-refractivity contribution in [2.24, 2.45) is 11.0 Å². The highest BCUT2D eigenvalue weighted by atomic mass is 35.5. The van der Waals surface area contributed by atoms with Gasteiger partial charge in [0.25, 0.3) is 0 Å².